The maximum Gasteiger partial charge on any atom is 0.0670 e. The van der Waals surface area contributed by atoms with Crippen LogP contribution in [0.3, 0.4) is 0 Å². The van der Waals surface area contributed by atoms with Crippen molar-refractivity contribution in [2.24, 2.45) is 0 Å². The first-order chi connectivity index (χ1) is 12.8. The molecule has 0 aliphatic carbocycles. The molecule has 1 N–H and O–H groups in total. The summed E-state index contributed by atoms with van der Waals surface area (Å²) in [6, 6.07) is 10.9. The van der Waals surface area contributed by atoms with Crippen molar-refractivity contribution >= 4 is 0 Å². The van der Waals surface area contributed by atoms with Gasteiger partial charge in [0.15, 0.2) is 0 Å². The zero-order chi connectivity index (χ0) is 17.8. The van der Waals surface area contributed by atoms with Crippen LogP contribution in [-0.4, -0.2) is 31.4 Å². The van der Waals surface area contributed by atoms with Crippen LogP contribution in [0.2, 0.25) is 0 Å². The molecular formula is C21H27N5. The van der Waals surface area contributed by atoms with Crippen molar-refractivity contribution in [3.05, 3.63) is 70.8 Å². The minimum absolute atomic E-state index is 0.830. The van der Waals surface area contributed by atoms with Gasteiger partial charge in [-0.2, -0.15) is 10.2 Å². The van der Waals surface area contributed by atoms with Crippen LogP contribution in [0.5, 0.6) is 0 Å². The lowest BCUT2D eigenvalue weighted by atomic mass is 10.0. The van der Waals surface area contributed by atoms with E-state index in [9.17, 15) is 0 Å². The van der Waals surface area contributed by atoms with Crippen molar-refractivity contribution in [1.29, 1.82) is 0 Å². The molecule has 0 atom stereocenters. The third kappa shape index (κ3) is 3.88. The molecule has 5 heteroatoms. The maximum atomic E-state index is 4.56. The van der Waals surface area contributed by atoms with Gasteiger partial charge in [-0.15, -0.1) is 0 Å². The second-order valence-electron chi connectivity index (χ2n) is 7.21. The second-order valence-corrected chi connectivity index (χ2v) is 7.21. The smallest absolute Gasteiger partial charge is 0.0670 e. The van der Waals surface area contributed by atoms with E-state index in [1.165, 1.54) is 40.9 Å². The van der Waals surface area contributed by atoms with Gasteiger partial charge in [0.05, 0.1) is 12.2 Å². The van der Waals surface area contributed by atoms with Gasteiger partial charge in [0, 0.05) is 49.7 Å². The van der Waals surface area contributed by atoms with E-state index in [0.717, 1.165) is 39.0 Å². The monoisotopic (exact) mass is 349 g/mol. The Morgan fingerprint density at radius 2 is 1.92 bits per heavy atom. The van der Waals surface area contributed by atoms with Crippen LogP contribution in [0.4, 0.5) is 0 Å². The lowest BCUT2D eigenvalue weighted by molar-refractivity contribution is 0.244. The first kappa shape index (κ1) is 17.0. The number of fused-ring (bicyclic) bond motifs is 1. The first-order valence-corrected chi connectivity index (χ1v) is 9.64. The van der Waals surface area contributed by atoms with Gasteiger partial charge in [-0.25, -0.2) is 0 Å². The minimum atomic E-state index is 0.830. The van der Waals surface area contributed by atoms with Gasteiger partial charge in [-0.3, -0.25) is 14.7 Å². The molecule has 0 amide bonds. The van der Waals surface area contributed by atoms with E-state index in [1.807, 2.05) is 23.1 Å². The van der Waals surface area contributed by atoms with Crippen molar-refractivity contribution in [2.45, 2.75) is 52.2 Å². The Kier molecular flexibility index (Phi) is 5.16. The van der Waals surface area contributed by atoms with E-state index in [1.54, 1.807) is 0 Å². The number of unbranched alkanes of at least 4 members (excludes halogenated alkanes) is 1. The lowest BCUT2D eigenvalue weighted by Crippen LogP contribution is -2.30. The quantitative estimate of drug-likeness (QED) is 0.709. The van der Waals surface area contributed by atoms with Gasteiger partial charge < -0.3 is 0 Å². The molecule has 0 saturated carbocycles. The summed E-state index contributed by atoms with van der Waals surface area (Å²) in [5.74, 6) is 0. The standard InChI is InChI=1S/C21H27N5/c1-2-3-5-20-19-16-25(13-10-21(19)24-23-20)14-17-6-8-18(9-7-17)15-26-12-4-11-22-26/h4,6-9,11-12H,2-3,5,10,13-16H2,1H3,(H,23,24). The summed E-state index contributed by atoms with van der Waals surface area (Å²) in [5.41, 5.74) is 6.73. The molecule has 3 heterocycles. The molecule has 0 radical (unpaired) electrons. The predicted molar refractivity (Wildman–Crippen MR) is 103 cm³/mol. The highest BCUT2D eigenvalue weighted by atomic mass is 15.3. The third-order valence-corrected chi connectivity index (χ3v) is 5.20. The van der Waals surface area contributed by atoms with Crippen LogP contribution in [0.25, 0.3) is 0 Å². The Hall–Kier alpha value is -2.40. The third-order valence-electron chi connectivity index (χ3n) is 5.20. The summed E-state index contributed by atoms with van der Waals surface area (Å²) < 4.78 is 1.96. The minimum Gasteiger partial charge on any atom is -0.294 e. The fourth-order valence-electron chi connectivity index (χ4n) is 3.69. The Balaban J connectivity index is 1.38. The fraction of sp³-hybridized carbons (Fsp3) is 0.429. The summed E-state index contributed by atoms with van der Waals surface area (Å²) in [5, 5.41) is 12.1. The molecule has 5 nitrogen and oxygen atoms in total. The highest BCUT2D eigenvalue weighted by Gasteiger charge is 2.21. The van der Waals surface area contributed by atoms with E-state index in [0.29, 0.717) is 0 Å². The van der Waals surface area contributed by atoms with E-state index in [4.69, 9.17) is 0 Å². The number of rotatable bonds is 7. The molecule has 26 heavy (non-hydrogen) atoms. The molecule has 0 unspecified atom stereocenters. The fourth-order valence-corrected chi connectivity index (χ4v) is 3.69. The molecular weight excluding hydrogens is 322 g/mol. The summed E-state index contributed by atoms with van der Waals surface area (Å²) in [7, 11) is 0. The lowest BCUT2D eigenvalue weighted by Gasteiger charge is -2.27. The highest BCUT2D eigenvalue weighted by Crippen LogP contribution is 2.23. The van der Waals surface area contributed by atoms with Crippen LogP contribution < -0.4 is 0 Å². The molecule has 2 aromatic heterocycles. The highest BCUT2D eigenvalue weighted by molar-refractivity contribution is 5.28. The summed E-state index contributed by atoms with van der Waals surface area (Å²) >= 11 is 0. The molecule has 0 spiro atoms. The molecule has 0 fully saturated rings. The summed E-state index contributed by atoms with van der Waals surface area (Å²) in [4.78, 5) is 2.54. The Morgan fingerprint density at radius 3 is 2.65 bits per heavy atom. The number of H-pyrrole nitrogens is 1. The SMILES string of the molecule is CCCCc1n[nH]c2c1CN(Cc1ccc(Cn3cccn3)cc1)CC2. The second kappa shape index (κ2) is 7.87. The van der Waals surface area contributed by atoms with Crippen molar-refractivity contribution in [3.63, 3.8) is 0 Å². The van der Waals surface area contributed by atoms with Crippen LogP contribution >= 0.6 is 0 Å². The maximum absolute atomic E-state index is 4.56. The van der Waals surface area contributed by atoms with E-state index < -0.39 is 0 Å². The topological polar surface area (TPSA) is 49.7 Å². The number of aromatic amines is 1. The number of hydrogen-bond donors (Lipinski definition) is 1. The van der Waals surface area contributed by atoms with E-state index >= 15 is 0 Å². The molecule has 0 saturated heterocycles. The average Bonchev–Trinajstić information content (AvgIpc) is 3.31. The Bertz CT molecular complexity index is 817. The Morgan fingerprint density at radius 1 is 1.12 bits per heavy atom. The molecule has 136 valence electrons. The molecule has 1 aromatic carbocycles. The van der Waals surface area contributed by atoms with Gasteiger partial charge in [0.25, 0.3) is 0 Å². The largest absolute Gasteiger partial charge is 0.294 e. The van der Waals surface area contributed by atoms with Gasteiger partial charge in [-0.05, 0) is 30.0 Å². The number of aryl methyl sites for hydroxylation is 1. The average molecular weight is 349 g/mol. The van der Waals surface area contributed by atoms with E-state index in [-0.39, 0.29) is 0 Å². The number of hydrogen-bond acceptors (Lipinski definition) is 3. The van der Waals surface area contributed by atoms with Gasteiger partial charge in [0.1, 0.15) is 0 Å². The summed E-state index contributed by atoms with van der Waals surface area (Å²) in [6.45, 7) is 6.18. The van der Waals surface area contributed by atoms with Crippen molar-refractivity contribution in [1.82, 2.24) is 24.9 Å². The Labute approximate surface area is 155 Å². The van der Waals surface area contributed by atoms with Gasteiger partial charge in [-0.1, -0.05) is 37.6 Å². The molecule has 1 aliphatic heterocycles. The molecule has 3 aromatic rings. The van der Waals surface area contributed by atoms with Crippen LogP contribution in [0.15, 0.2) is 42.7 Å². The summed E-state index contributed by atoms with van der Waals surface area (Å²) in [6.07, 6.45) is 8.43. The van der Waals surface area contributed by atoms with Crippen molar-refractivity contribution in [3.8, 4) is 0 Å². The number of nitrogens with one attached hydrogen (secondary N) is 1. The van der Waals surface area contributed by atoms with Crippen molar-refractivity contribution in [2.75, 3.05) is 6.54 Å². The molecule has 1 aliphatic rings. The van der Waals surface area contributed by atoms with Crippen LogP contribution in [0, 0.1) is 0 Å². The first-order valence-electron chi connectivity index (χ1n) is 9.64. The number of benzene rings is 1. The predicted octanol–water partition coefficient (Wildman–Crippen LogP) is 3.56. The molecule has 4 rings (SSSR count). The van der Waals surface area contributed by atoms with Crippen molar-refractivity contribution < 1.29 is 0 Å². The van der Waals surface area contributed by atoms with Crippen LogP contribution in [-0.2, 0) is 32.5 Å². The normalized spacial score (nSPS) is 14.5. The zero-order valence-corrected chi connectivity index (χ0v) is 15.5. The van der Waals surface area contributed by atoms with Crippen LogP contribution in [0.1, 0.15) is 47.8 Å². The van der Waals surface area contributed by atoms with E-state index in [2.05, 4.69) is 51.4 Å². The number of nitrogens with zero attached hydrogens (tertiary/aromatic N) is 4. The zero-order valence-electron chi connectivity index (χ0n) is 15.5. The number of aromatic nitrogens is 4. The molecule has 0 bridgehead atoms. The van der Waals surface area contributed by atoms with Gasteiger partial charge in [0.2, 0.25) is 0 Å². The van der Waals surface area contributed by atoms with Gasteiger partial charge >= 0.3 is 0 Å².